The molecule has 0 aliphatic rings. The zero-order chi connectivity index (χ0) is 12.1. The Morgan fingerprint density at radius 2 is 1.76 bits per heavy atom. The number of ether oxygens (including phenoxy) is 1. The van der Waals surface area contributed by atoms with E-state index in [1.807, 2.05) is 30.3 Å². The highest BCUT2D eigenvalue weighted by atomic mass is 16.5. The third-order valence-electron chi connectivity index (χ3n) is 2.41. The molecule has 17 heavy (non-hydrogen) atoms. The molecule has 0 aliphatic carbocycles. The normalized spacial score (nSPS) is 11.8. The van der Waals surface area contributed by atoms with E-state index in [0.29, 0.717) is 5.75 Å². The van der Waals surface area contributed by atoms with E-state index in [-0.39, 0.29) is 5.78 Å². The molecule has 0 amide bonds. The van der Waals surface area contributed by atoms with Crippen LogP contribution in [0.4, 0.5) is 0 Å². The SMILES string of the molecule is CC(=O)C(Oc1cc[c]cc1)c1ccccc1. The molecule has 2 aromatic carbocycles. The molecule has 0 saturated heterocycles. The first-order valence-corrected chi connectivity index (χ1v) is 5.45. The molecular weight excluding hydrogens is 212 g/mol. The van der Waals surface area contributed by atoms with E-state index in [9.17, 15) is 4.79 Å². The summed E-state index contributed by atoms with van der Waals surface area (Å²) >= 11 is 0. The van der Waals surface area contributed by atoms with Gasteiger partial charge in [0.25, 0.3) is 0 Å². The van der Waals surface area contributed by atoms with Gasteiger partial charge in [-0.2, -0.15) is 0 Å². The Balaban J connectivity index is 2.23. The molecule has 0 spiro atoms. The summed E-state index contributed by atoms with van der Waals surface area (Å²) in [4.78, 5) is 11.6. The van der Waals surface area contributed by atoms with Gasteiger partial charge in [0.15, 0.2) is 11.9 Å². The molecule has 0 saturated carbocycles. The summed E-state index contributed by atoms with van der Waals surface area (Å²) in [6.45, 7) is 1.53. The van der Waals surface area contributed by atoms with Gasteiger partial charge in [0, 0.05) is 0 Å². The predicted octanol–water partition coefficient (Wildman–Crippen LogP) is 3.20. The van der Waals surface area contributed by atoms with Gasteiger partial charge in [-0.25, -0.2) is 0 Å². The largest absolute Gasteiger partial charge is 0.478 e. The first-order chi connectivity index (χ1) is 8.27. The number of benzene rings is 2. The third-order valence-corrected chi connectivity index (χ3v) is 2.41. The summed E-state index contributed by atoms with van der Waals surface area (Å²) in [6.07, 6.45) is -0.543. The molecule has 1 unspecified atom stereocenters. The average Bonchev–Trinajstić information content (AvgIpc) is 2.38. The highest BCUT2D eigenvalue weighted by molar-refractivity contribution is 5.82. The van der Waals surface area contributed by atoms with Crippen molar-refractivity contribution < 1.29 is 9.53 Å². The maximum absolute atomic E-state index is 11.6. The minimum atomic E-state index is -0.543. The molecule has 85 valence electrons. The minimum absolute atomic E-state index is 0.0102. The van der Waals surface area contributed by atoms with Gasteiger partial charge in [-0.15, -0.1) is 0 Å². The zero-order valence-electron chi connectivity index (χ0n) is 9.59. The monoisotopic (exact) mass is 225 g/mol. The van der Waals surface area contributed by atoms with Gasteiger partial charge >= 0.3 is 0 Å². The smallest absolute Gasteiger partial charge is 0.181 e. The number of carbonyl (C=O) groups excluding carboxylic acids is 1. The molecule has 1 atom stereocenters. The van der Waals surface area contributed by atoms with E-state index in [1.165, 1.54) is 6.92 Å². The van der Waals surface area contributed by atoms with Crippen LogP contribution in [0.3, 0.4) is 0 Å². The van der Waals surface area contributed by atoms with E-state index in [2.05, 4.69) is 6.07 Å². The summed E-state index contributed by atoms with van der Waals surface area (Å²) in [7, 11) is 0. The highest BCUT2D eigenvalue weighted by Gasteiger charge is 2.17. The average molecular weight is 225 g/mol. The van der Waals surface area contributed by atoms with Crippen LogP contribution in [-0.4, -0.2) is 5.78 Å². The molecule has 0 fully saturated rings. The maximum atomic E-state index is 11.6. The van der Waals surface area contributed by atoms with Crippen LogP contribution in [0.25, 0.3) is 0 Å². The van der Waals surface area contributed by atoms with Gasteiger partial charge < -0.3 is 4.74 Å². The molecule has 0 N–H and O–H groups in total. The molecule has 2 rings (SSSR count). The third kappa shape index (κ3) is 2.94. The predicted molar refractivity (Wildman–Crippen MR) is 65.8 cm³/mol. The fourth-order valence-electron chi connectivity index (χ4n) is 1.60. The van der Waals surface area contributed by atoms with Crippen molar-refractivity contribution in [2.24, 2.45) is 0 Å². The van der Waals surface area contributed by atoms with Crippen molar-refractivity contribution in [1.82, 2.24) is 0 Å². The van der Waals surface area contributed by atoms with E-state index in [1.54, 1.807) is 24.3 Å². The lowest BCUT2D eigenvalue weighted by molar-refractivity contribution is -0.123. The molecule has 2 nitrogen and oxygen atoms in total. The summed E-state index contributed by atoms with van der Waals surface area (Å²) in [5, 5.41) is 0. The number of Topliss-reactive ketones (excluding diaryl/α,β-unsaturated/α-hetero) is 1. The fraction of sp³-hybridized carbons (Fsp3) is 0.133. The fourth-order valence-corrected chi connectivity index (χ4v) is 1.60. The van der Waals surface area contributed by atoms with Crippen molar-refractivity contribution >= 4 is 5.78 Å². The van der Waals surface area contributed by atoms with Gasteiger partial charge in [0.05, 0.1) is 0 Å². The Kier molecular flexibility index (Phi) is 3.55. The van der Waals surface area contributed by atoms with Crippen molar-refractivity contribution in [3.63, 3.8) is 0 Å². The molecule has 0 heterocycles. The number of carbonyl (C=O) groups is 1. The number of rotatable bonds is 4. The van der Waals surface area contributed by atoms with E-state index in [0.717, 1.165) is 5.56 Å². The van der Waals surface area contributed by atoms with E-state index < -0.39 is 6.10 Å². The van der Waals surface area contributed by atoms with Crippen LogP contribution < -0.4 is 4.74 Å². The Morgan fingerprint density at radius 1 is 1.12 bits per heavy atom. The highest BCUT2D eigenvalue weighted by Crippen LogP contribution is 2.22. The summed E-state index contributed by atoms with van der Waals surface area (Å²) in [5.41, 5.74) is 0.868. The molecular formula is C15H13O2. The van der Waals surface area contributed by atoms with Crippen LogP contribution in [0, 0.1) is 6.07 Å². The summed E-state index contributed by atoms with van der Waals surface area (Å²) in [5.74, 6) is 0.664. The van der Waals surface area contributed by atoms with Gasteiger partial charge in [-0.1, -0.05) is 42.5 Å². The number of hydrogen-bond acceptors (Lipinski definition) is 2. The second-order valence-electron chi connectivity index (χ2n) is 3.75. The lowest BCUT2D eigenvalue weighted by Crippen LogP contribution is -2.15. The lowest BCUT2D eigenvalue weighted by atomic mass is 10.1. The van der Waals surface area contributed by atoms with E-state index in [4.69, 9.17) is 4.74 Å². The van der Waals surface area contributed by atoms with Crippen LogP contribution in [0.1, 0.15) is 18.6 Å². The van der Waals surface area contributed by atoms with Crippen LogP contribution >= 0.6 is 0 Å². The Bertz CT molecular complexity index is 477. The van der Waals surface area contributed by atoms with Gasteiger partial charge in [-0.3, -0.25) is 4.79 Å². The van der Waals surface area contributed by atoms with Crippen LogP contribution in [0.5, 0.6) is 5.75 Å². The maximum Gasteiger partial charge on any atom is 0.181 e. The first kappa shape index (κ1) is 11.4. The lowest BCUT2D eigenvalue weighted by Gasteiger charge is -2.16. The van der Waals surface area contributed by atoms with Crippen LogP contribution in [0.15, 0.2) is 54.6 Å². The topological polar surface area (TPSA) is 26.3 Å². The molecule has 0 aliphatic heterocycles. The van der Waals surface area contributed by atoms with E-state index >= 15 is 0 Å². The van der Waals surface area contributed by atoms with Gasteiger partial charge in [0.1, 0.15) is 5.75 Å². The molecule has 0 bridgehead atoms. The van der Waals surface area contributed by atoms with Crippen LogP contribution in [-0.2, 0) is 4.79 Å². The zero-order valence-corrected chi connectivity index (χ0v) is 9.59. The van der Waals surface area contributed by atoms with Crippen molar-refractivity contribution in [1.29, 1.82) is 0 Å². The van der Waals surface area contributed by atoms with Gasteiger partial charge in [-0.05, 0) is 30.7 Å². The minimum Gasteiger partial charge on any atom is -0.478 e. The van der Waals surface area contributed by atoms with Crippen molar-refractivity contribution in [2.45, 2.75) is 13.0 Å². The Hall–Kier alpha value is -2.09. The van der Waals surface area contributed by atoms with Gasteiger partial charge in [0.2, 0.25) is 0 Å². The molecule has 2 aromatic rings. The molecule has 2 heteroatoms. The first-order valence-electron chi connectivity index (χ1n) is 5.45. The van der Waals surface area contributed by atoms with Crippen LogP contribution in [0.2, 0.25) is 0 Å². The van der Waals surface area contributed by atoms with Crippen molar-refractivity contribution in [2.75, 3.05) is 0 Å². The number of ketones is 1. The summed E-state index contributed by atoms with van der Waals surface area (Å²) < 4.78 is 5.69. The Labute approximate surface area is 101 Å². The molecule has 0 aromatic heterocycles. The quantitative estimate of drug-likeness (QED) is 0.798. The van der Waals surface area contributed by atoms with Crippen molar-refractivity contribution in [3.8, 4) is 5.75 Å². The van der Waals surface area contributed by atoms with Crippen molar-refractivity contribution in [3.05, 3.63) is 66.2 Å². The number of hydrogen-bond donors (Lipinski definition) is 0. The second kappa shape index (κ2) is 5.30. The summed E-state index contributed by atoms with van der Waals surface area (Å²) in [6, 6.07) is 19.5. The standard InChI is InChI=1S/C15H13O2/c1-12(16)15(13-8-4-2-5-9-13)17-14-10-6-3-7-11-14/h2,4-11,15H,1H3. The molecule has 1 radical (unpaired) electrons. The Morgan fingerprint density at radius 3 is 2.35 bits per heavy atom. The second-order valence-corrected chi connectivity index (χ2v) is 3.75.